The van der Waals surface area contributed by atoms with Gasteiger partial charge in [-0.3, -0.25) is 4.79 Å². The molecule has 1 heterocycles. The minimum absolute atomic E-state index is 0.134. The molecule has 152 valence electrons. The lowest BCUT2D eigenvalue weighted by molar-refractivity contribution is -0.122. The zero-order chi connectivity index (χ0) is 20.3. The molecule has 1 aliphatic carbocycles. The average molecular weight is 406 g/mol. The van der Waals surface area contributed by atoms with Gasteiger partial charge < -0.3 is 9.84 Å². The van der Waals surface area contributed by atoms with E-state index in [1.54, 1.807) is 18.2 Å². The van der Waals surface area contributed by atoms with Gasteiger partial charge in [0.25, 0.3) is 0 Å². The van der Waals surface area contributed by atoms with Crippen molar-refractivity contribution in [3.63, 3.8) is 0 Å². The van der Waals surface area contributed by atoms with Crippen molar-refractivity contribution in [1.82, 2.24) is 14.8 Å². The van der Waals surface area contributed by atoms with Crippen molar-refractivity contribution in [2.75, 3.05) is 13.6 Å². The summed E-state index contributed by atoms with van der Waals surface area (Å²) >= 11 is 0. The number of aryl methyl sites for hydroxylation is 1. The molecule has 0 aliphatic heterocycles. The van der Waals surface area contributed by atoms with E-state index in [4.69, 9.17) is 4.52 Å². The number of likely N-dealkylation sites (N-methyl/N-ethyl adjacent to an activating group) is 1. The first-order valence-electron chi connectivity index (χ1n) is 9.55. The molecule has 1 aromatic heterocycles. The zero-order valence-corrected chi connectivity index (χ0v) is 17.3. The van der Waals surface area contributed by atoms with Gasteiger partial charge in [0.1, 0.15) is 0 Å². The highest BCUT2D eigenvalue weighted by Crippen LogP contribution is 2.24. The summed E-state index contributed by atoms with van der Waals surface area (Å²) in [7, 11) is -2.33. The predicted molar refractivity (Wildman–Crippen MR) is 106 cm³/mol. The van der Waals surface area contributed by atoms with Gasteiger partial charge in [-0.2, -0.15) is 4.31 Å². The van der Waals surface area contributed by atoms with Gasteiger partial charge in [0.2, 0.25) is 15.9 Å². The largest absolute Gasteiger partial charge is 0.356 e. The molecule has 0 unspecified atom stereocenters. The molecule has 1 saturated carbocycles. The van der Waals surface area contributed by atoms with E-state index < -0.39 is 10.0 Å². The van der Waals surface area contributed by atoms with E-state index in [2.05, 4.69) is 17.4 Å². The summed E-state index contributed by atoms with van der Waals surface area (Å²) in [4.78, 5) is 12.4. The standard InChI is InChI=1S/C20H27N3O4S/c1-14-4-8-17(9-5-14)21-20(24)13-23(3)28(25,26)18-10-6-16(7-11-18)19-12-15(2)22-27-19/h6-7,10-12,14,17H,4-5,8-9,13H2,1-3H3,(H,21,24). The Labute approximate surface area is 166 Å². The molecule has 2 aromatic rings. The highest BCUT2D eigenvalue weighted by atomic mass is 32.2. The number of hydrogen-bond acceptors (Lipinski definition) is 5. The molecule has 1 aromatic carbocycles. The number of carbonyl (C=O) groups is 1. The molecule has 0 spiro atoms. The topological polar surface area (TPSA) is 92.5 Å². The molecule has 8 heteroatoms. The fourth-order valence-corrected chi connectivity index (χ4v) is 4.56. The summed E-state index contributed by atoms with van der Waals surface area (Å²) in [5, 5.41) is 6.79. The van der Waals surface area contributed by atoms with Crippen molar-refractivity contribution in [3.8, 4) is 11.3 Å². The average Bonchev–Trinajstić information content (AvgIpc) is 3.10. The number of nitrogens with zero attached hydrogens (tertiary/aromatic N) is 2. The molecule has 7 nitrogen and oxygen atoms in total. The number of carbonyl (C=O) groups excluding carboxylic acids is 1. The summed E-state index contributed by atoms with van der Waals surface area (Å²) in [6, 6.07) is 8.29. The van der Waals surface area contributed by atoms with Gasteiger partial charge >= 0.3 is 0 Å². The van der Waals surface area contributed by atoms with Crippen LogP contribution in [-0.2, 0) is 14.8 Å². The lowest BCUT2D eigenvalue weighted by Crippen LogP contribution is -2.43. The van der Waals surface area contributed by atoms with Crippen LogP contribution < -0.4 is 5.32 Å². The second-order valence-corrected chi connectivity index (χ2v) is 9.69. The van der Waals surface area contributed by atoms with Gasteiger partial charge in [0.15, 0.2) is 5.76 Å². The van der Waals surface area contributed by atoms with Gasteiger partial charge in [-0.25, -0.2) is 8.42 Å². The van der Waals surface area contributed by atoms with Crippen molar-refractivity contribution >= 4 is 15.9 Å². The van der Waals surface area contributed by atoms with Crippen LogP contribution in [0.4, 0.5) is 0 Å². The molecule has 0 saturated heterocycles. The Morgan fingerprint density at radius 3 is 2.43 bits per heavy atom. The van der Waals surface area contributed by atoms with Crippen molar-refractivity contribution in [1.29, 1.82) is 0 Å². The molecule has 0 radical (unpaired) electrons. The zero-order valence-electron chi connectivity index (χ0n) is 16.5. The van der Waals surface area contributed by atoms with Crippen LogP contribution in [0.1, 0.15) is 38.3 Å². The third kappa shape index (κ3) is 4.80. The van der Waals surface area contributed by atoms with E-state index in [1.807, 2.05) is 6.92 Å². The van der Waals surface area contributed by atoms with Crippen LogP contribution in [0.3, 0.4) is 0 Å². The summed E-state index contributed by atoms with van der Waals surface area (Å²) in [6.07, 6.45) is 4.09. The van der Waals surface area contributed by atoms with Crippen LogP contribution in [0, 0.1) is 12.8 Å². The van der Waals surface area contributed by atoms with E-state index in [-0.39, 0.29) is 23.4 Å². The number of benzene rings is 1. The number of rotatable bonds is 6. The first-order valence-corrected chi connectivity index (χ1v) is 11.0. The third-order valence-electron chi connectivity index (χ3n) is 5.22. The van der Waals surface area contributed by atoms with Gasteiger partial charge in [0, 0.05) is 24.7 Å². The molecular formula is C20H27N3O4S. The van der Waals surface area contributed by atoms with Crippen LogP contribution in [0.25, 0.3) is 11.3 Å². The highest BCUT2D eigenvalue weighted by Gasteiger charge is 2.25. The molecule has 1 fully saturated rings. The maximum atomic E-state index is 12.8. The summed E-state index contributed by atoms with van der Waals surface area (Å²) < 4.78 is 31.8. The van der Waals surface area contributed by atoms with E-state index in [1.165, 1.54) is 19.2 Å². The number of aromatic nitrogens is 1. The van der Waals surface area contributed by atoms with Gasteiger partial charge in [-0.1, -0.05) is 12.1 Å². The molecular weight excluding hydrogens is 378 g/mol. The smallest absolute Gasteiger partial charge is 0.243 e. The molecule has 1 N–H and O–H groups in total. The third-order valence-corrected chi connectivity index (χ3v) is 7.04. The number of hydrogen-bond donors (Lipinski definition) is 1. The van der Waals surface area contributed by atoms with Gasteiger partial charge in [0.05, 0.1) is 17.1 Å². The van der Waals surface area contributed by atoms with E-state index in [0.29, 0.717) is 11.7 Å². The summed E-state index contributed by atoms with van der Waals surface area (Å²) in [5.74, 6) is 1.01. The van der Waals surface area contributed by atoms with Crippen molar-refractivity contribution < 1.29 is 17.7 Å². The number of sulfonamides is 1. The Morgan fingerprint density at radius 1 is 1.21 bits per heavy atom. The molecule has 28 heavy (non-hydrogen) atoms. The van der Waals surface area contributed by atoms with Crippen LogP contribution in [0.15, 0.2) is 39.8 Å². The van der Waals surface area contributed by atoms with Crippen LogP contribution in [0.2, 0.25) is 0 Å². The van der Waals surface area contributed by atoms with Gasteiger partial charge in [-0.15, -0.1) is 0 Å². The quantitative estimate of drug-likeness (QED) is 0.798. The number of amides is 1. The summed E-state index contributed by atoms with van der Waals surface area (Å²) in [6.45, 7) is 3.84. The van der Waals surface area contributed by atoms with E-state index in [0.717, 1.165) is 41.2 Å². The molecule has 1 amide bonds. The van der Waals surface area contributed by atoms with E-state index in [9.17, 15) is 13.2 Å². The second-order valence-electron chi connectivity index (χ2n) is 7.64. The monoisotopic (exact) mass is 405 g/mol. The minimum atomic E-state index is -3.75. The molecule has 0 bridgehead atoms. The lowest BCUT2D eigenvalue weighted by Gasteiger charge is -2.27. The fourth-order valence-electron chi connectivity index (χ4n) is 3.44. The SMILES string of the molecule is Cc1cc(-c2ccc(S(=O)(=O)N(C)CC(=O)NC3CCC(C)CC3)cc2)on1. The Kier molecular flexibility index (Phi) is 6.20. The Morgan fingerprint density at radius 2 is 1.86 bits per heavy atom. The van der Waals surface area contributed by atoms with Crippen molar-refractivity contribution in [2.45, 2.75) is 50.5 Å². The summed E-state index contributed by atoms with van der Waals surface area (Å²) in [5.41, 5.74) is 1.50. The maximum Gasteiger partial charge on any atom is 0.243 e. The number of nitrogens with one attached hydrogen (secondary N) is 1. The lowest BCUT2D eigenvalue weighted by atomic mass is 9.87. The Hall–Kier alpha value is -2.19. The molecule has 1 aliphatic rings. The minimum Gasteiger partial charge on any atom is -0.356 e. The van der Waals surface area contributed by atoms with E-state index >= 15 is 0 Å². The maximum absolute atomic E-state index is 12.8. The van der Waals surface area contributed by atoms with Crippen molar-refractivity contribution in [2.24, 2.45) is 5.92 Å². The van der Waals surface area contributed by atoms with Crippen LogP contribution in [0.5, 0.6) is 0 Å². The van der Waals surface area contributed by atoms with Gasteiger partial charge in [-0.05, 0) is 62.8 Å². The normalized spacial score (nSPS) is 20.3. The first kappa shape index (κ1) is 20.5. The Balaban J connectivity index is 1.62. The highest BCUT2D eigenvalue weighted by molar-refractivity contribution is 7.89. The van der Waals surface area contributed by atoms with Crippen molar-refractivity contribution in [3.05, 3.63) is 36.0 Å². The predicted octanol–water partition coefficient (Wildman–Crippen LogP) is 2.97. The fraction of sp³-hybridized carbons (Fsp3) is 0.500. The van der Waals surface area contributed by atoms with Crippen LogP contribution >= 0.6 is 0 Å². The molecule has 0 atom stereocenters. The molecule has 3 rings (SSSR count). The second kappa shape index (κ2) is 8.45. The van der Waals surface area contributed by atoms with Crippen LogP contribution in [-0.4, -0.2) is 43.4 Å². The first-order chi connectivity index (χ1) is 13.3. The Bertz CT molecular complexity index is 913.